The lowest BCUT2D eigenvalue weighted by atomic mass is 10.0. The molecule has 0 bridgehead atoms. The summed E-state index contributed by atoms with van der Waals surface area (Å²) in [7, 11) is 0. The standard InChI is InChI=1S/C15H22N2/c1-11(2)13-9-5-6-10-14(13)17-15(16)12-7-3-4-8-12/h5-6,9-12H,3-4,7-8H2,1-2H3,(H2,16,17). The lowest BCUT2D eigenvalue weighted by molar-refractivity contribution is 0.721. The predicted octanol–water partition coefficient (Wildman–Crippen LogP) is 3.99. The average Bonchev–Trinajstić information content (AvgIpc) is 2.83. The molecular formula is C15H22N2. The van der Waals surface area contributed by atoms with Crippen molar-refractivity contribution in [2.45, 2.75) is 45.4 Å². The molecule has 92 valence electrons. The van der Waals surface area contributed by atoms with E-state index < -0.39 is 0 Å². The van der Waals surface area contributed by atoms with Gasteiger partial charge < -0.3 is 5.73 Å². The Labute approximate surface area is 104 Å². The van der Waals surface area contributed by atoms with Gasteiger partial charge in [-0.1, -0.05) is 44.9 Å². The number of hydrogen-bond acceptors (Lipinski definition) is 1. The van der Waals surface area contributed by atoms with Crippen molar-refractivity contribution >= 4 is 11.5 Å². The number of nitrogens with zero attached hydrogens (tertiary/aromatic N) is 1. The van der Waals surface area contributed by atoms with Crippen molar-refractivity contribution in [1.29, 1.82) is 0 Å². The van der Waals surface area contributed by atoms with Gasteiger partial charge in [0.05, 0.1) is 5.69 Å². The van der Waals surface area contributed by atoms with E-state index in [1.54, 1.807) is 0 Å². The molecular weight excluding hydrogens is 208 g/mol. The highest BCUT2D eigenvalue weighted by Crippen LogP contribution is 2.29. The van der Waals surface area contributed by atoms with E-state index in [0.717, 1.165) is 11.5 Å². The van der Waals surface area contributed by atoms with Gasteiger partial charge in [-0.3, -0.25) is 0 Å². The van der Waals surface area contributed by atoms with E-state index in [2.05, 4.69) is 37.0 Å². The van der Waals surface area contributed by atoms with Crippen molar-refractivity contribution in [1.82, 2.24) is 0 Å². The molecule has 0 saturated heterocycles. The summed E-state index contributed by atoms with van der Waals surface area (Å²) in [5.41, 5.74) is 8.46. The van der Waals surface area contributed by atoms with Gasteiger partial charge in [-0.15, -0.1) is 0 Å². The normalized spacial score (nSPS) is 17.9. The van der Waals surface area contributed by atoms with Crippen LogP contribution in [0.5, 0.6) is 0 Å². The highest BCUT2D eigenvalue weighted by molar-refractivity contribution is 5.86. The van der Waals surface area contributed by atoms with Gasteiger partial charge in [0.25, 0.3) is 0 Å². The van der Waals surface area contributed by atoms with E-state index in [4.69, 9.17) is 5.73 Å². The first-order valence-corrected chi connectivity index (χ1v) is 6.61. The lowest BCUT2D eigenvalue weighted by Gasteiger charge is -2.12. The molecule has 0 unspecified atom stereocenters. The second-order valence-corrected chi connectivity index (χ2v) is 5.23. The third-order valence-corrected chi connectivity index (χ3v) is 3.58. The van der Waals surface area contributed by atoms with Gasteiger partial charge in [-0.25, -0.2) is 4.99 Å². The zero-order valence-electron chi connectivity index (χ0n) is 10.8. The maximum Gasteiger partial charge on any atom is 0.103 e. The summed E-state index contributed by atoms with van der Waals surface area (Å²) in [4.78, 5) is 4.66. The van der Waals surface area contributed by atoms with Crippen LogP contribution in [0.2, 0.25) is 0 Å². The van der Waals surface area contributed by atoms with E-state index in [0.29, 0.717) is 11.8 Å². The smallest absolute Gasteiger partial charge is 0.103 e. The summed E-state index contributed by atoms with van der Waals surface area (Å²) < 4.78 is 0. The van der Waals surface area contributed by atoms with E-state index in [1.165, 1.54) is 31.2 Å². The summed E-state index contributed by atoms with van der Waals surface area (Å²) in [6.45, 7) is 4.39. The quantitative estimate of drug-likeness (QED) is 0.619. The van der Waals surface area contributed by atoms with Gasteiger partial charge >= 0.3 is 0 Å². The topological polar surface area (TPSA) is 38.4 Å². The minimum Gasteiger partial charge on any atom is -0.387 e. The number of para-hydroxylation sites is 1. The summed E-state index contributed by atoms with van der Waals surface area (Å²) in [5.74, 6) is 1.83. The number of hydrogen-bond donors (Lipinski definition) is 1. The molecule has 2 nitrogen and oxygen atoms in total. The Hall–Kier alpha value is -1.31. The summed E-state index contributed by atoms with van der Waals surface area (Å²) in [5, 5.41) is 0. The van der Waals surface area contributed by atoms with E-state index in [1.807, 2.05) is 6.07 Å². The first-order chi connectivity index (χ1) is 8.18. The first kappa shape index (κ1) is 12.2. The van der Waals surface area contributed by atoms with Crippen LogP contribution >= 0.6 is 0 Å². The average molecular weight is 230 g/mol. The fourth-order valence-electron chi connectivity index (χ4n) is 2.53. The van der Waals surface area contributed by atoms with Gasteiger partial charge in [-0.2, -0.15) is 0 Å². The SMILES string of the molecule is CC(C)c1ccccc1N=C(N)C1CCCC1. The van der Waals surface area contributed by atoms with Crippen molar-refractivity contribution in [2.75, 3.05) is 0 Å². The Morgan fingerprint density at radius 1 is 1.24 bits per heavy atom. The van der Waals surface area contributed by atoms with Crippen LogP contribution in [0.4, 0.5) is 5.69 Å². The maximum atomic E-state index is 6.13. The van der Waals surface area contributed by atoms with Gasteiger partial charge in [0.1, 0.15) is 5.84 Å². The van der Waals surface area contributed by atoms with Crippen molar-refractivity contribution in [3.63, 3.8) is 0 Å². The van der Waals surface area contributed by atoms with Crippen molar-refractivity contribution in [2.24, 2.45) is 16.6 Å². The van der Waals surface area contributed by atoms with Crippen molar-refractivity contribution < 1.29 is 0 Å². The Kier molecular flexibility index (Phi) is 3.82. The summed E-state index contributed by atoms with van der Waals surface area (Å²) in [6.07, 6.45) is 5.01. The van der Waals surface area contributed by atoms with Crippen LogP contribution < -0.4 is 5.73 Å². The Bertz CT molecular complexity index is 401. The van der Waals surface area contributed by atoms with E-state index in [9.17, 15) is 0 Å². The van der Waals surface area contributed by atoms with Gasteiger partial charge in [0, 0.05) is 5.92 Å². The molecule has 1 aromatic rings. The van der Waals surface area contributed by atoms with Crippen LogP contribution in [0.15, 0.2) is 29.3 Å². The monoisotopic (exact) mass is 230 g/mol. The number of benzene rings is 1. The van der Waals surface area contributed by atoms with Crippen LogP contribution in [0.3, 0.4) is 0 Å². The summed E-state index contributed by atoms with van der Waals surface area (Å²) in [6, 6.07) is 8.31. The molecule has 0 heterocycles. The molecule has 1 fully saturated rings. The Morgan fingerprint density at radius 2 is 1.88 bits per heavy atom. The summed E-state index contributed by atoms with van der Waals surface area (Å²) >= 11 is 0. The van der Waals surface area contributed by atoms with Gasteiger partial charge in [0.2, 0.25) is 0 Å². The molecule has 2 rings (SSSR count). The van der Waals surface area contributed by atoms with E-state index in [-0.39, 0.29) is 0 Å². The molecule has 0 aromatic heterocycles. The van der Waals surface area contributed by atoms with Crippen LogP contribution in [-0.4, -0.2) is 5.84 Å². The predicted molar refractivity (Wildman–Crippen MR) is 73.8 cm³/mol. The molecule has 1 saturated carbocycles. The molecule has 0 atom stereocenters. The maximum absolute atomic E-state index is 6.13. The molecule has 1 aliphatic carbocycles. The highest BCUT2D eigenvalue weighted by Gasteiger charge is 2.19. The molecule has 2 heteroatoms. The van der Waals surface area contributed by atoms with Crippen LogP contribution in [0.25, 0.3) is 0 Å². The van der Waals surface area contributed by atoms with E-state index >= 15 is 0 Å². The molecule has 0 amide bonds. The molecule has 17 heavy (non-hydrogen) atoms. The minimum atomic E-state index is 0.492. The second kappa shape index (κ2) is 5.35. The van der Waals surface area contributed by atoms with Gasteiger partial charge in [-0.05, 0) is 30.4 Å². The largest absolute Gasteiger partial charge is 0.387 e. The van der Waals surface area contributed by atoms with Crippen molar-refractivity contribution in [3.05, 3.63) is 29.8 Å². The number of nitrogens with two attached hydrogens (primary N) is 1. The highest BCUT2D eigenvalue weighted by atomic mass is 14.9. The molecule has 1 aliphatic rings. The lowest BCUT2D eigenvalue weighted by Crippen LogP contribution is -2.20. The molecule has 2 N–H and O–H groups in total. The van der Waals surface area contributed by atoms with Crippen LogP contribution in [0, 0.1) is 5.92 Å². The second-order valence-electron chi connectivity index (χ2n) is 5.23. The van der Waals surface area contributed by atoms with Crippen LogP contribution in [0.1, 0.15) is 51.0 Å². The first-order valence-electron chi connectivity index (χ1n) is 6.61. The number of rotatable bonds is 3. The zero-order valence-corrected chi connectivity index (χ0v) is 10.8. The Morgan fingerprint density at radius 3 is 2.53 bits per heavy atom. The molecule has 0 spiro atoms. The number of amidine groups is 1. The molecule has 1 aromatic carbocycles. The third-order valence-electron chi connectivity index (χ3n) is 3.58. The van der Waals surface area contributed by atoms with Crippen LogP contribution in [-0.2, 0) is 0 Å². The fraction of sp³-hybridized carbons (Fsp3) is 0.533. The fourth-order valence-corrected chi connectivity index (χ4v) is 2.53. The number of aliphatic imine (C=N–C) groups is 1. The Balaban J connectivity index is 2.24. The van der Waals surface area contributed by atoms with Crippen molar-refractivity contribution in [3.8, 4) is 0 Å². The van der Waals surface area contributed by atoms with Gasteiger partial charge in [0.15, 0.2) is 0 Å². The molecule has 0 aliphatic heterocycles. The minimum absolute atomic E-state index is 0.492. The zero-order chi connectivity index (χ0) is 12.3. The molecule has 0 radical (unpaired) electrons. The third kappa shape index (κ3) is 2.87.